The molecule has 0 radical (unpaired) electrons. The molecule has 0 bridgehead atoms. The predicted molar refractivity (Wildman–Crippen MR) is 86.7 cm³/mol. The minimum absolute atomic E-state index is 0.186. The molecule has 0 spiro atoms. The van der Waals surface area contributed by atoms with Gasteiger partial charge < -0.3 is 5.11 Å². The van der Waals surface area contributed by atoms with E-state index in [-0.39, 0.29) is 11.3 Å². The third-order valence-corrected chi connectivity index (χ3v) is 2.93. The van der Waals surface area contributed by atoms with Gasteiger partial charge in [0.2, 0.25) is 5.91 Å². The summed E-state index contributed by atoms with van der Waals surface area (Å²) in [7, 11) is 0. The number of H-pyrrole nitrogens is 1. The van der Waals surface area contributed by atoms with E-state index in [0.29, 0.717) is 5.69 Å². The summed E-state index contributed by atoms with van der Waals surface area (Å²) >= 11 is 0. The largest absolute Gasteiger partial charge is 0.512 e. The number of hydrogen-bond donors (Lipinski definition) is 3. The number of nitrogens with one attached hydrogen (secondary N) is 2. The number of fused-ring (bicyclic) bond motifs is 1. The van der Waals surface area contributed by atoms with E-state index in [1.165, 1.54) is 6.92 Å². The van der Waals surface area contributed by atoms with Gasteiger partial charge in [0.15, 0.2) is 0 Å². The van der Waals surface area contributed by atoms with Gasteiger partial charge >= 0.3 is 0 Å². The minimum atomic E-state index is -0.848. The average Bonchev–Trinajstić information content (AvgIpc) is 3.00. The van der Waals surface area contributed by atoms with Crippen molar-refractivity contribution < 1.29 is 14.7 Å². The van der Waals surface area contributed by atoms with Gasteiger partial charge in [0.25, 0.3) is 5.91 Å². The fraction of sp³-hybridized carbons (Fsp3) is 0.143. The molecule has 0 aliphatic carbocycles. The first-order chi connectivity index (χ1) is 11.5. The standard InChI is InChI=1S/C14H13N7O3/c1-8(22)11(14(24)19-13(23)7-18-21-15)6-16-10-3-2-9-5-17-20-12(9)4-10/h2-6,22H,7H2,1H3,(H,17,20)(H,19,23,24)/b11-8+,16-6?. The molecule has 0 fully saturated rings. The number of aliphatic hydroxyl groups excluding tert-OH is 1. The van der Waals surface area contributed by atoms with Crippen molar-refractivity contribution in [2.75, 3.05) is 6.54 Å². The molecule has 24 heavy (non-hydrogen) atoms. The third-order valence-electron chi connectivity index (χ3n) is 2.93. The van der Waals surface area contributed by atoms with Gasteiger partial charge in [-0.15, -0.1) is 0 Å². The number of allylic oxidation sites excluding steroid dienone is 1. The summed E-state index contributed by atoms with van der Waals surface area (Å²) in [6.45, 7) is 0.768. The van der Waals surface area contributed by atoms with Gasteiger partial charge in [0.1, 0.15) is 12.3 Å². The molecule has 2 aromatic rings. The van der Waals surface area contributed by atoms with Gasteiger partial charge in [0.05, 0.1) is 23.0 Å². The zero-order valence-electron chi connectivity index (χ0n) is 12.6. The summed E-state index contributed by atoms with van der Waals surface area (Å²) in [4.78, 5) is 29.9. The van der Waals surface area contributed by atoms with Crippen LogP contribution < -0.4 is 5.32 Å². The molecule has 0 atom stereocenters. The molecule has 10 nitrogen and oxygen atoms in total. The van der Waals surface area contributed by atoms with E-state index in [9.17, 15) is 14.7 Å². The lowest BCUT2D eigenvalue weighted by atomic mass is 10.2. The molecule has 122 valence electrons. The molecular formula is C14H13N7O3. The number of azide groups is 1. The minimum Gasteiger partial charge on any atom is -0.512 e. The molecule has 0 saturated heterocycles. The summed E-state index contributed by atoms with van der Waals surface area (Å²) in [6.07, 6.45) is 2.80. The van der Waals surface area contributed by atoms with Gasteiger partial charge in [-0.3, -0.25) is 25.0 Å². The Bertz CT molecular complexity index is 887. The van der Waals surface area contributed by atoms with Crippen LogP contribution in [0.25, 0.3) is 21.3 Å². The Morgan fingerprint density at radius 3 is 3.00 bits per heavy atom. The summed E-state index contributed by atoms with van der Waals surface area (Å²) < 4.78 is 0. The second-order valence-electron chi connectivity index (χ2n) is 4.67. The van der Waals surface area contributed by atoms with E-state index < -0.39 is 18.4 Å². The molecule has 1 heterocycles. The number of benzene rings is 1. The smallest absolute Gasteiger partial charge is 0.262 e. The predicted octanol–water partition coefficient (Wildman–Crippen LogP) is 2.05. The highest BCUT2D eigenvalue weighted by atomic mass is 16.3. The van der Waals surface area contributed by atoms with E-state index in [1.807, 2.05) is 5.32 Å². The summed E-state index contributed by atoms with van der Waals surface area (Å²) in [6, 6.07) is 5.22. The number of aromatic nitrogens is 2. The molecule has 10 heteroatoms. The SMILES string of the molecule is C/C(O)=C(/C=Nc1ccc2cn[nH]c2c1)C(=O)NC(=O)CN=[N+]=[N-]. The second-order valence-corrected chi connectivity index (χ2v) is 4.67. The Morgan fingerprint density at radius 2 is 2.29 bits per heavy atom. The zero-order chi connectivity index (χ0) is 17.5. The molecular weight excluding hydrogens is 314 g/mol. The monoisotopic (exact) mass is 327 g/mol. The number of amides is 2. The Morgan fingerprint density at radius 1 is 1.50 bits per heavy atom. The molecule has 0 aliphatic rings. The molecule has 1 aromatic carbocycles. The molecule has 2 rings (SSSR count). The van der Waals surface area contributed by atoms with Crippen molar-refractivity contribution in [3.05, 3.63) is 46.2 Å². The Labute approximate surface area is 135 Å². The first kappa shape index (κ1) is 16.7. The van der Waals surface area contributed by atoms with Crippen molar-refractivity contribution in [1.29, 1.82) is 0 Å². The molecule has 3 N–H and O–H groups in total. The molecule has 0 saturated carbocycles. The first-order valence-electron chi connectivity index (χ1n) is 6.73. The summed E-state index contributed by atoms with van der Waals surface area (Å²) in [5.41, 5.74) is 9.24. The number of aliphatic imine (C=N–C) groups is 1. The Balaban J connectivity index is 2.15. The highest BCUT2D eigenvalue weighted by Gasteiger charge is 2.14. The second kappa shape index (κ2) is 7.56. The van der Waals surface area contributed by atoms with Crippen molar-refractivity contribution in [2.45, 2.75) is 6.92 Å². The van der Waals surface area contributed by atoms with Crippen molar-refractivity contribution in [3.8, 4) is 0 Å². The molecule has 0 aliphatic heterocycles. The van der Waals surface area contributed by atoms with Crippen LogP contribution >= 0.6 is 0 Å². The summed E-state index contributed by atoms with van der Waals surface area (Å²) in [5.74, 6) is -1.95. The van der Waals surface area contributed by atoms with Crippen molar-refractivity contribution in [2.24, 2.45) is 10.1 Å². The molecule has 0 unspecified atom stereocenters. The molecule has 1 aromatic heterocycles. The van der Waals surface area contributed by atoms with E-state index in [4.69, 9.17) is 5.53 Å². The normalized spacial score (nSPS) is 11.9. The number of hydrogen-bond acceptors (Lipinski definition) is 6. The van der Waals surface area contributed by atoms with E-state index in [0.717, 1.165) is 17.1 Å². The number of aliphatic hydroxyl groups is 1. The average molecular weight is 327 g/mol. The van der Waals surface area contributed by atoms with E-state index in [2.05, 4.69) is 25.2 Å². The van der Waals surface area contributed by atoms with Gasteiger partial charge in [-0.05, 0) is 30.7 Å². The fourth-order valence-corrected chi connectivity index (χ4v) is 1.79. The summed E-state index contributed by atoms with van der Waals surface area (Å²) in [5, 5.41) is 22.2. The van der Waals surface area contributed by atoms with Gasteiger partial charge in [-0.1, -0.05) is 5.11 Å². The number of nitrogens with zero attached hydrogens (tertiary/aromatic N) is 5. The third kappa shape index (κ3) is 4.18. The van der Waals surface area contributed by atoms with Gasteiger partial charge in [-0.2, -0.15) is 5.10 Å². The first-order valence-corrected chi connectivity index (χ1v) is 6.73. The van der Waals surface area contributed by atoms with Crippen LogP contribution in [0.5, 0.6) is 0 Å². The quantitative estimate of drug-likeness (QED) is 0.192. The van der Waals surface area contributed by atoms with Crippen LogP contribution in [0.1, 0.15) is 6.92 Å². The maximum absolute atomic E-state index is 12.0. The van der Waals surface area contributed by atoms with E-state index >= 15 is 0 Å². The number of imide groups is 1. The van der Waals surface area contributed by atoms with Crippen LogP contribution in [-0.4, -0.2) is 39.9 Å². The lowest BCUT2D eigenvalue weighted by Gasteiger charge is -2.04. The maximum Gasteiger partial charge on any atom is 0.262 e. The highest BCUT2D eigenvalue weighted by Crippen LogP contribution is 2.19. The van der Waals surface area contributed by atoms with Crippen LogP contribution in [0.15, 0.2) is 45.8 Å². The van der Waals surface area contributed by atoms with Crippen LogP contribution in [0, 0.1) is 0 Å². The zero-order valence-corrected chi connectivity index (χ0v) is 12.6. The Hall–Kier alpha value is -3.65. The lowest BCUT2D eigenvalue weighted by Crippen LogP contribution is -2.34. The fourth-order valence-electron chi connectivity index (χ4n) is 1.79. The van der Waals surface area contributed by atoms with Gasteiger partial charge in [0, 0.05) is 16.5 Å². The number of carbonyl (C=O) groups is 2. The number of rotatable bonds is 5. The van der Waals surface area contributed by atoms with Crippen LogP contribution in [0.3, 0.4) is 0 Å². The van der Waals surface area contributed by atoms with Crippen LogP contribution in [0.2, 0.25) is 0 Å². The molecule has 2 amide bonds. The topological polar surface area (TPSA) is 156 Å². The van der Waals surface area contributed by atoms with Gasteiger partial charge in [-0.25, -0.2) is 0 Å². The highest BCUT2D eigenvalue weighted by molar-refractivity contribution is 6.17. The Kier molecular flexibility index (Phi) is 5.27. The van der Waals surface area contributed by atoms with Crippen molar-refractivity contribution in [1.82, 2.24) is 15.5 Å². The maximum atomic E-state index is 12.0. The van der Waals surface area contributed by atoms with Crippen molar-refractivity contribution in [3.63, 3.8) is 0 Å². The number of aromatic amines is 1. The number of carbonyl (C=O) groups excluding carboxylic acids is 2. The lowest BCUT2D eigenvalue weighted by molar-refractivity contribution is -0.127. The van der Waals surface area contributed by atoms with Crippen LogP contribution in [-0.2, 0) is 9.59 Å². The van der Waals surface area contributed by atoms with Crippen LogP contribution in [0.4, 0.5) is 5.69 Å². The van der Waals surface area contributed by atoms with Crippen molar-refractivity contribution >= 4 is 34.6 Å². The van der Waals surface area contributed by atoms with E-state index in [1.54, 1.807) is 24.4 Å².